The number of ether oxygens (including phenoxy) is 2. The van der Waals surface area contributed by atoms with Crippen LogP contribution >= 0.6 is 0 Å². The standard InChI is InChI=1S/C30H29NO7/c1-20-11-13-23(14-12-20)29(35)21(2)38-28(34)10-6-9-27(33)31-25-17-15-24(16-18-25)30(36)37-19-26(32)22-7-4-3-5-8-22/h3-5,7-8,11-18,21H,6,9-10,19H2,1-2H3,(H,31,33)/t21-/m0/s1. The van der Waals surface area contributed by atoms with Crippen molar-refractivity contribution in [1.82, 2.24) is 0 Å². The number of benzene rings is 3. The Labute approximate surface area is 221 Å². The lowest BCUT2D eigenvalue weighted by Crippen LogP contribution is -2.24. The van der Waals surface area contributed by atoms with Crippen molar-refractivity contribution in [1.29, 1.82) is 0 Å². The van der Waals surface area contributed by atoms with Gasteiger partial charge in [-0.1, -0.05) is 60.2 Å². The van der Waals surface area contributed by atoms with Crippen LogP contribution in [0.25, 0.3) is 0 Å². The molecule has 0 aliphatic carbocycles. The summed E-state index contributed by atoms with van der Waals surface area (Å²) in [7, 11) is 0. The van der Waals surface area contributed by atoms with Crippen molar-refractivity contribution in [3.8, 4) is 0 Å². The van der Waals surface area contributed by atoms with Gasteiger partial charge >= 0.3 is 11.9 Å². The zero-order chi connectivity index (χ0) is 27.5. The molecule has 1 amide bonds. The first-order valence-corrected chi connectivity index (χ1v) is 12.2. The molecular formula is C30H29NO7. The summed E-state index contributed by atoms with van der Waals surface area (Å²) in [5.41, 5.74) is 2.65. The minimum Gasteiger partial charge on any atom is -0.454 e. The number of aryl methyl sites for hydroxylation is 1. The Balaban J connectivity index is 1.37. The van der Waals surface area contributed by atoms with Gasteiger partial charge in [-0.25, -0.2) is 4.79 Å². The number of anilines is 1. The minimum absolute atomic E-state index is 0.00851. The van der Waals surface area contributed by atoms with Crippen molar-refractivity contribution in [3.05, 3.63) is 101 Å². The molecule has 0 saturated carbocycles. The van der Waals surface area contributed by atoms with Crippen LogP contribution in [0, 0.1) is 6.92 Å². The largest absolute Gasteiger partial charge is 0.454 e. The van der Waals surface area contributed by atoms with Crippen LogP contribution in [0.5, 0.6) is 0 Å². The zero-order valence-corrected chi connectivity index (χ0v) is 21.3. The van der Waals surface area contributed by atoms with Crippen LogP contribution in [0.4, 0.5) is 5.69 Å². The van der Waals surface area contributed by atoms with E-state index in [2.05, 4.69) is 5.32 Å². The second kappa shape index (κ2) is 13.6. The molecule has 0 fully saturated rings. The number of hydrogen-bond acceptors (Lipinski definition) is 7. The summed E-state index contributed by atoms with van der Waals surface area (Å²) >= 11 is 0. The number of amides is 1. The first kappa shape index (κ1) is 28.0. The Hall–Kier alpha value is -4.59. The highest BCUT2D eigenvalue weighted by molar-refractivity contribution is 6.00. The van der Waals surface area contributed by atoms with Crippen molar-refractivity contribution >= 4 is 35.1 Å². The van der Waals surface area contributed by atoms with Crippen LogP contribution in [0.2, 0.25) is 0 Å². The Kier molecular flexibility index (Phi) is 10.0. The predicted octanol–water partition coefficient (Wildman–Crippen LogP) is 4.96. The lowest BCUT2D eigenvalue weighted by atomic mass is 10.1. The number of carbonyl (C=O) groups is 5. The number of nitrogens with one attached hydrogen (secondary N) is 1. The summed E-state index contributed by atoms with van der Waals surface area (Å²) in [6.45, 7) is 3.06. The van der Waals surface area contributed by atoms with E-state index in [1.165, 1.54) is 19.1 Å². The quantitative estimate of drug-likeness (QED) is 0.268. The predicted molar refractivity (Wildman–Crippen MR) is 141 cm³/mol. The number of ketones is 2. The average Bonchev–Trinajstić information content (AvgIpc) is 2.92. The summed E-state index contributed by atoms with van der Waals surface area (Å²) in [5, 5.41) is 2.69. The molecule has 8 nitrogen and oxygen atoms in total. The smallest absolute Gasteiger partial charge is 0.338 e. The average molecular weight is 516 g/mol. The molecule has 3 aromatic carbocycles. The molecule has 0 spiro atoms. The van der Waals surface area contributed by atoms with Crippen LogP contribution in [0.3, 0.4) is 0 Å². The van der Waals surface area contributed by atoms with Crippen molar-refractivity contribution in [2.24, 2.45) is 0 Å². The molecule has 196 valence electrons. The normalized spacial score (nSPS) is 11.2. The van der Waals surface area contributed by atoms with Crippen LogP contribution in [0.1, 0.15) is 62.8 Å². The molecule has 0 unspecified atom stereocenters. The molecule has 0 heterocycles. The fourth-order valence-electron chi connectivity index (χ4n) is 3.49. The van der Waals surface area contributed by atoms with E-state index >= 15 is 0 Å². The van der Waals surface area contributed by atoms with Gasteiger partial charge < -0.3 is 14.8 Å². The van der Waals surface area contributed by atoms with Crippen molar-refractivity contribution < 1.29 is 33.4 Å². The molecule has 1 N–H and O–H groups in total. The summed E-state index contributed by atoms with van der Waals surface area (Å²) in [4.78, 5) is 61.0. The molecule has 0 bridgehead atoms. The van der Waals surface area contributed by atoms with E-state index in [0.717, 1.165) is 5.56 Å². The molecule has 0 saturated heterocycles. The maximum atomic E-state index is 12.4. The van der Waals surface area contributed by atoms with Gasteiger partial charge in [-0.2, -0.15) is 0 Å². The number of hydrogen-bond donors (Lipinski definition) is 1. The third-order valence-electron chi connectivity index (χ3n) is 5.63. The fourth-order valence-corrected chi connectivity index (χ4v) is 3.49. The van der Waals surface area contributed by atoms with Crippen molar-refractivity contribution in [2.45, 2.75) is 39.2 Å². The summed E-state index contributed by atoms with van der Waals surface area (Å²) in [6, 6.07) is 21.6. The Bertz CT molecular complexity index is 1280. The Morgan fingerprint density at radius 3 is 2.05 bits per heavy atom. The molecule has 0 aromatic heterocycles. The lowest BCUT2D eigenvalue weighted by Gasteiger charge is -2.12. The maximum absolute atomic E-state index is 12.4. The second-order valence-electron chi connectivity index (χ2n) is 8.71. The van der Waals surface area contributed by atoms with Gasteiger partial charge in [0.2, 0.25) is 11.7 Å². The van der Waals surface area contributed by atoms with E-state index < -0.39 is 18.0 Å². The van der Waals surface area contributed by atoms with Crippen LogP contribution in [-0.4, -0.2) is 42.1 Å². The van der Waals surface area contributed by atoms with Crippen molar-refractivity contribution in [2.75, 3.05) is 11.9 Å². The number of esters is 2. The van der Waals surface area contributed by atoms with Crippen LogP contribution in [0.15, 0.2) is 78.9 Å². The Morgan fingerprint density at radius 2 is 1.39 bits per heavy atom. The van der Waals surface area contributed by atoms with Gasteiger partial charge in [-0.3, -0.25) is 19.2 Å². The van der Waals surface area contributed by atoms with Crippen LogP contribution in [-0.2, 0) is 19.1 Å². The number of Topliss-reactive ketones (excluding diaryl/α,β-unsaturated/α-hetero) is 2. The topological polar surface area (TPSA) is 116 Å². The van der Waals surface area contributed by atoms with Gasteiger partial charge in [0.1, 0.15) is 0 Å². The second-order valence-corrected chi connectivity index (χ2v) is 8.71. The van der Waals surface area contributed by atoms with E-state index in [1.54, 1.807) is 54.6 Å². The lowest BCUT2D eigenvalue weighted by molar-refractivity contribution is -0.146. The Morgan fingerprint density at radius 1 is 0.763 bits per heavy atom. The first-order chi connectivity index (χ1) is 18.2. The molecule has 0 aliphatic heterocycles. The number of rotatable bonds is 12. The van der Waals surface area contributed by atoms with Gasteiger partial charge in [0.25, 0.3) is 0 Å². The van der Waals surface area contributed by atoms with Gasteiger partial charge in [-0.15, -0.1) is 0 Å². The molecule has 0 radical (unpaired) electrons. The summed E-state index contributed by atoms with van der Waals surface area (Å²) in [5.74, 6) is -2.12. The highest BCUT2D eigenvalue weighted by Gasteiger charge is 2.19. The highest BCUT2D eigenvalue weighted by Crippen LogP contribution is 2.13. The summed E-state index contributed by atoms with van der Waals surface area (Å²) in [6.07, 6.45) is -0.608. The molecule has 0 aliphatic rings. The molecule has 8 heteroatoms. The molecule has 3 rings (SSSR count). The van der Waals surface area contributed by atoms with Crippen LogP contribution < -0.4 is 5.32 Å². The zero-order valence-electron chi connectivity index (χ0n) is 21.3. The van der Waals surface area contributed by atoms with Crippen molar-refractivity contribution in [3.63, 3.8) is 0 Å². The monoisotopic (exact) mass is 515 g/mol. The van der Waals surface area contributed by atoms with E-state index in [0.29, 0.717) is 16.8 Å². The third-order valence-corrected chi connectivity index (χ3v) is 5.63. The third kappa shape index (κ3) is 8.51. The first-order valence-electron chi connectivity index (χ1n) is 12.2. The van der Waals surface area contributed by atoms with E-state index in [4.69, 9.17) is 9.47 Å². The van der Waals surface area contributed by atoms with Gasteiger partial charge in [0.15, 0.2) is 18.5 Å². The fraction of sp³-hybridized carbons (Fsp3) is 0.233. The van der Waals surface area contributed by atoms with Gasteiger partial charge in [0.05, 0.1) is 5.56 Å². The SMILES string of the molecule is Cc1ccc(C(=O)[C@H](C)OC(=O)CCCC(=O)Nc2ccc(C(=O)OCC(=O)c3ccccc3)cc2)cc1. The molecule has 1 atom stereocenters. The van der Waals surface area contributed by atoms with Gasteiger partial charge in [0, 0.05) is 29.7 Å². The maximum Gasteiger partial charge on any atom is 0.338 e. The molecular weight excluding hydrogens is 486 g/mol. The van der Waals surface area contributed by atoms with E-state index in [-0.39, 0.29) is 48.9 Å². The van der Waals surface area contributed by atoms with E-state index in [1.807, 2.05) is 19.1 Å². The molecule has 3 aromatic rings. The summed E-state index contributed by atoms with van der Waals surface area (Å²) < 4.78 is 10.3. The highest BCUT2D eigenvalue weighted by atomic mass is 16.5. The molecule has 38 heavy (non-hydrogen) atoms. The van der Waals surface area contributed by atoms with E-state index in [9.17, 15) is 24.0 Å². The van der Waals surface area contributed by atoms with Gasteiger partial charge in [-0.05, 0) is 44.5 Å². The number of carbonyl (C=O) groups excluding carboxylic acids is 5. The minimum atomic E-state index is -0.916.